The van der Waals surface area contributed by atoms with E-state index in [2.05, 4.69) is 41.3 Å². The van der Waals surface area contributed by atoms with E-state index in [1.807, 2.05) is 26.2 Å². The monoisotopic (exact) mass is 294 g/mol. The molecule has 0 spiro atoms. The van der Waals surface area contributed by atoms with Crippen LogP contribution < -0.4 is 10.6 Å². The van der Waals surface area contributed by atoms with Crippen molar-refractivity contribution in [2.24, 2.45) is 10.9 Å². The van der Waals surface area contributed by atoms with E-state index < -0.39 is 0 Å². The largest absolute Gasteiger partial charge is 0.468 e. The smallest absolute Gasteiger partial charge is 0.191 e. The highest BCUT2D eigenvalue weighted by atomic mass is 16.3. The van der Waals surface area contributed by atoms with E-state index in [1.54, 1.807) is 6.26 Å². The molecule has 0 amide bonds. The second kappa shape index (κ2) is 9.45. The number of aliphatic imine (C=N–C) groups is 1. The molecule has 1 unspecified atom stereocenters. The first-order chi connectivity index (χ1) is 10.0. The fourth-order valence-electron chi connectivity index (χ4n) is 1.99. The number of likely N-dealkylation sites (N-methyl/N-ethyl adjacent to an activating group) is 1. The molecule has 0 aromatic carbocycles. The molecule has 0 bridgehead atoms. The van der Waals surface area contributed by atoms with Crippen molar-refractivity contribution in [2.75, 3.05) is 33.7 Å². The first kappa shape index (κ1) is 17.6. The topological polar surface area (TPSA) is 52.8 Å². The molecule has 0 radical (unpaired) electrons. The molecule has 1 rings (SSSR count). The van der Waals surface area contributed by atoms with Crippen LogP contribution in [0.1, 0.15) is 39.0 Å². The van der Waals surface area contributed by atoms with Gasteiger partial charge in [-0.25, -0.2) is 0 Å². The molecule has 0 fully saturated rings. The quantitative estimate of drug-likeness (QED) is 0.571. The minimum absolute atomic E-state index is 0.153. The van der Waals surface area contributed by atoms with Gasteiger partial charge >= 0.3 is 0 Å². The summed E-state index contributed by atoms with van der Waals surface area (Å²) in [4.78, 5) is 6.81. The van der Waals surface area contributed by atoms with Gasteiger partial charge in [0.25, 0.3) is 0 Å². The Hall–Kier alpha value is -1.49. The van der Waals surface area contributed by atoms with Gasteiger partial charge in [-0.2, -0.15) is 0 Å². The fourth-order valence-corrected chi connectivity index (χ4v) is 1.99. The summed E-state index contributed by atoms with van der Waals surface area (Å²) >= 11 is 0. The average Bonchev–Trinajstić information content (AvgIpc) is 2.92. The van der Waals surface area contributed by atoms with Crippen LogP contribution >= 0.6 is 0 Å². The Morgan fingerprint density at radius 2 is 2.10 bits per heavy atom. The van der Waals surface area contributed by atoms with Crippen LogP contribution in [0, 0.1) is 5.92 Å². The Morgan fingerprint density at radius 1 is 1.33 bits per heavy atom. The molecule has 0 aliphatic heterocycles. The summed E-state index contributed by atoms with van der Waals surface area (Å²) in [6, 6.07) is 4.07. The lowest BCUT2D eigenvalue weighted by Gasteiger charge is -2.21. The summed E-state index contributed by atoms with van der Waals surface area (Å²) in [6.45, 7) is 9.00. The predicted molar refractivity (Wildman–Crippen MR) is 88.6 cm³/mol. The Balaban J connectivity index is 2.61. The molecule has 0 aliphatic rings. The van der Waals surface area contributed by atoms with Gasteiger partial charge in [0.05, 0.1) is 18.8 Å². The molecule has 0 aliphatic carbocycles. The lowest BCUT2D eigenvalue weighted by molar-refractivity contribution is 0.265. The Labute approximate surface area is 128 Å². The third-order valence-corrected chi connectivity index (χ3v) is 3.28. The van der Waals surface area contributed by atoms with Crippen LogP contribution in [0.4, 0.5) is 0 Å². The number of rotatable bonds is 8. The van der Waals surface area contributed by atoms with Gasteiger partial charge < -0.3 is 15.1 Å². The third kappa shape index (κ3) is 6.67. The zero-order valence-corrected chi connectivity index (χ0v) is 14.0. The normalized spacial score (nSPS) is 13.8. The Morgan fingerprint density at radius 3 is 2.62 bits per heavy atom. The first-order valence-electron chi connectivity index (χ1n) is 7.76. The van der Waals surface area contributed by atoms with Gasteiger partial charge in [0.15, 0.2) is 5.96 Å². The van der Waals surface area contributed by atoms with Crippen LogP contribution in [-0.4, -0.2) is 44.6 Å². The molecular weight excluding hydrogens is 264 g/mol. The van der Waals surface area contributed by atoms with E-state index in [9.17, 15) is 0 Å². The maximum absolute atomic E-state index is 5.51. The molecule has 0 saturated carbocycles. The molecule has 2 N–H and O–H groups in total. The third-order valence-electron chi connectivity index (χ3n) is 3.28. The number of hydrogen-bond acceptors (Lipinski definition) is 3. The maximum Gasteiger partial charge on any atom is 0.191 e. The molecule has 1 aromatic heterocycles. The molecule has 5 heteroatoms. The highest BCUT2D eigenvalue weighted by Gasteiger charge is 2.16. The van der Waals surface area contributed by atoms with Gasteiger partial charge in [0.2, 0.25) is 0 Å². The molecule has 120 valence electrons. The zero-order valence-electron chi connectivity index (χ0n) is 14.0. The van der Waals surface area contributed by atoms with Gasteiger partial charge in [-0.05, 0) is 45.5 Å². The minimum atomic E-state index is 0.153. The van der Waals surface area contributed by atoms with Crippen LogP contribution in [0.2, 0.25) is 0 Å². The second-order valence-corrected chi connectivity index (χ2v) is 5.82. The van der Waals surface area contributed by atoms with Crippen molar-refractivity contribution in [3.8, 4) is 0 Å². The van der Waals surface area contributed by atoms with Crippen molar-refractivity contribution >= 4 is 5.96 Å². The highest BCUT2D eigenvalue weighted by molar-refractivity contribution is 5.79. The Bertz CT molecular complexity index is 398. The number of furan rings is 1. The van der Waals surface area contributed by atoms with Crippen molar-refractivity contribution < 1.29 is 4.42 Å². The second-order valence-electron chi connectivity index (χ2n) is 5.82. The minimum Gasteiger partial charge on any atom is -0.468 e. The lowest BCUT2D eigenvalue weighted by Crippen LogP contribution is -2.38. The standard InChI is InChI=1S/C16H30N4O/c1-6-17-16(18-10-9-13(2)3)19-12-14(20(4)5)15-8-7-11-21-15/h7-8,11,13-14H,6,9-10,12H2,1-5H3,(H2,17,18,19). The molecule has 5 nitrogen and oxygen atoms in total. The van der Waals surface area contributed by atoms with Gasteiger partial charge in [-0.3, -0.25) is 9.89 Å². The number of guanidine groups is 1. The van der Waals surface area contributed by atoms with Crippen LogP contribution in [0.25, 0.3) is 0 Å². The maximum atomic E-state index is 5.51. The lowest BCUT2D eigenvalue weighted by atomic mass is 10.1. The van der Waals surface area contributed by atoms with E-state index >= 15 is 0 Å². The molecule has 0 saturated heterocycles. The van der Waals surface area contributed by atoms with E-state index in [4.69, 9.17) is 4.42 Å². The number of nitrogens with zero attached hydrogens (tertiary/aromatic N) is 2. The fraction of sp³-hybridized carbons (Fsp3) is 0.688. The van der Waals surface area contributed by atoms with Gasteiger partial charge in [-0.1, -0.05) is 13.8 Å². The van der Waals surface area contributed by atoms with Crippen LogP contribution in [0.3, 0.4) is 0 Å². The van der Waals surface area contributed by atoms with Crippen molar-refractivity contribution in [1.29, 1.82) is 0 Å². The van der Waals surface area contributed by atoms with E-state index in [0.29, 0.717) is 12.5 Å². The molecule has 1 atom stereocenters. The molecule has 21 heavy (non-hydrogen) atoms. The highest BCUT2D eigenvalue weighted by Crippen LogP contribution is 2.18. The zero-order chi connectivity index (χ0) is 15.7. The average molecular weight is 294 g/mol. The van der Waals surface area contributed by atoms with E-state index in [-0.39, 0.29) is 6.04 Å². The molecule has 1 aromatic rings. The summed E-state index contributed by atoms with van der Waals surface area (Å²) in [7, 11) is 4.09. The summed E-state index contributed by atoms with van der Waals surface area (Å²) in [5.74, 6) is 2.51. The Kier molecular flexibility index (Phi) is 7.90. The van der Waals surface area contributed by atoms with Crippen LogP contribution in [0.5, 0.6) is 0 Å². The molecule has 1 heterocycles. The summed E-state index contributed by atoms with van der Waals surface area (Å²) in [5.41, 5.74) is 0. The van der Waals surface area contributed by atoms with Crippen molar-refractivity contribution in [3.05, 3.63) is 24.2 Å². The summed E-state index contributed by atoms with van der Waals surface area (Å²) < 4.78 is 5.51. The summed E-state index contributed by atoms with van der Waals surface area (Å²) in [6.07, 6.45) is 2.85. The van der Waals surface area contributed by atoms with E-state index in [1.165, 1.54) is 0 Å². The SMILES string of the molecule is CCNC(=NCC(c1ccco1)N(C)C)NCCC(C)C. The van der Waals surface area contributed by atoms with Gasteiger partial charge in [0, 0.05) is 13.1 Å². The van der Waals surface area contributed by atoms with E-state index in [0.717, 1.165) is 31.2 Å². The van der Waals surface area contributed by atoms with Gasteiger partial charge in [0.1, 0.15) is 5.76 Å². The van der Waals surface area contributed by atoms with Crippen molar-refractivity contribution in [3.63, 3.8) is 0 Å². The molecular formula is C16H30N4O. The predicted octanol–water partition coefficient (Wildman–Crippen LogP) is 2.48. The number of hydrogen-bond donors (Lipinski definition) is 2. The van der Waals surface area contributed by atoms with Crippen LogP contribution in [0.15, 0.2) is 27.8 Å². The van der Waals surface area contributed by atoms with Crippen LogP contribution in [-0.2, 0) is 0 Å². The van der Waals surface area contributed by atoms with Crippen molar-refractivity contribution in [1.82, 2.24) is 15.5 Å². The van der Waals surface area contributed by atoms with Gasteiger partial charge in [-0.15, -0.1) is 0 Å². The number of nitrogens with one attached hydrogen (secondary N) is 2. The van der Waals surface area contributed by atoms with Crippen molar-refractivity contribution in [2.45, 2.75) is 33.2 Å². The first-order valence-corrected chi connectivity index (χ1v) is 7.76. The summed E-state index contributed by atoms with van der Waals surface area (Å²) in [5, 5.41) is 6.67.